The molecule has 1 heterocycles. The Morgan fingerprint density at radius 3 is 2.50 bits per heavy atom. The highest BCUT2D eigenvalue weighted by atomic mass is 35.5. The van der Waals surface area contributed by atoms with E-state index in [2.05, 4.69) is 11.9 Å². The first-order chi connectivity index (χ1) is 9.20. The molecule has 0 radical (unpaired) electrons. The van der Waals surface area contributed by atoms with Crippen LogP contribution in [-0.2, 0) is 9.53 Å². The van der Waals surface area contributed by atoms with Crippen LogP contribution in [0.25, 0.3) is 0 Å². The summed E-state index contributed by atoms with van der Waals surface area (Å²) in [5.41, 5.74) is 0. The number of hydrogen-bond donors (Lipinski definition) is 0. The first-order valence-electron chi connectivity index (χ1n) is 8.05. The molecule has 116 valence electrons. The number of nitrogens with zero attached hydrogens (tertiary/aromatic N) is 1. The van der Waals surface area contributed by atoms with Crippen molar-refractivity contribution in [3.63, 3.8) is 0 Å². The summed E-state index contributed by atoms with van der Waals surface area (Å²) in [5, 5.41) is 0. The number of carbonyl (C=O) groups excluding carboxylic acids is 1. The molecule has 0 spiro atoms. The SMILES string of the molecule is CN1CCC(COC(=O)CC2CC3CCC2C3)CC1.Cl. The van der Waals surface area contributed by atoms with Gasteiger partial charge in [-0.25, -0.2) is 0 Å². The van der Waals surface area contributed by atoms with Gasteiger partial charge in [0, 0.05) is 6.42 Å². The molecule has 3 rings (SSSR count). The Labute approximate surface area is 128 Å². The lowest BCUT2D eigenvalue weighted by Crippen LogP contribution is -2.32. The monoisotopic (exact) mass is 301 g/mol. The number of rotatable bonds is 4. The first kappa shape index (κ1) is 16.1. The third-order valence-corrected chi connectivity index (χ3v) is 5.63. The minimum atomic E-state index is 0. The minimum Gasteiger partial charge on any atom is -0.465 e. The number of halogens is 1. The second-order valence-electron chi connectivity index (χ2n) is 7.07. The van der Waals surface area contributed by atoms with E-state index in [1.807, 2.05) is 0 Å². The van der Waals surface area contributed by atoms with Crippen LogP contribution in [0.3, 0.4) is 0 Å². The fourth-order valence-electron chi connectivity index (χ4n) is 4.34. The van der Waals surface area contributed by atoms with Crippen molar-refractivity contribution in [1.29, 1.82) is 0 Å². The second-order valence-corrected chi connectivity index (χ2v) is 7.07. The van der Waals surface area contributed by atoms with Gasteiger partial charge in [-0.05, 0) is 75.9 Å². The van der Waals surface area contributed by atoms with Gasteiger partial charge < -0.3 is 9.64 Å². The molecule has 4 heteroatoms. The second kappa shape index (κ2) is 7.13. The van der Waals surface area contributed by atoms with Crippen LogP contribution in [0.1, 0.15) is 44.9 Å². The summed E-state index contributed by atoms with van der Waals surface area (Å²) in [5.74, 6) is 3.07. The molecule has 0 aromatic rings. The largest absolute Gasteiger partial charge is 0.465 e. The van der Waals surface area contributed by atoms with E-state index in [1.54, 1.807) is 0 Å². The van der Waals surface area contributed by atoms with Crippen molar-refractivity contribution in [3.05, 3.63) is 0 Å². The van der Waals surface area contributed by atoms with Gasteiger partial charge in [-0.2, -0.15) is 0 Å². The van der Waals surface area contributed by atoms with Gasteiger partial charge in [-0.3, -0.25) is 4.79 Å². The van der Waals surface area contributed by atoms with Crippen molar-refractivity contribution >= 4 is 18.4 Å². The maximum Gasteiger partial charge on any atom is 0.306 e. The predicted molar refractivity (Wildman–Crippen MR) is 82.0 cm³/mol. The van der Waals surface area contributed by atoms with Gasteiger partial charge >= 0.3 is 5.97 Å². The molecule has 0 amide bonds. The zero-order chi connectivity index (χ0) is 13.2. The average molecular weight is 302 g/mol. The Balaban J connectivity index is 0.00000147. The van der Waals surface area contributed by atoms with Gasteiger partial charge in [0.05, 0.1) is 6.61 Å². The first-order valence-corrected chi connectivity index (χ1v) is 8.05. The Hall–Kier alpha value is -0.280. The zero-order valence-corrected chi connectivity index (χ0v) is 13.4. The molecule has 2 aliphatic carbocycles. The highest BCUT2D eigenvalue weighted by Crippen LogP contribution is 2.49. The van der Waals surface area contributed by atoms with Crippen molar-refractivity contribution in [2.45, 2.75) is 44.9 Å². The molecule has 20 heavy (non-hydrogen) atoms. The summed E-state index contributed by atoms with van der Waals surface area (Å²) >= 11 is 0. The summed E-state index contributed by atoms with van der Waals surface area (Å²) < 4.78 is 5.53. The van der Waals surface area contributed by atoms with Crippen molar-refractivity contribution in [1.82, 2.24) is 4.90 Å². The molecular weight excluding hydrogens is 274 g/mol. The van der Waals surface area contributed by atoms with Gasteiger partial charge in [0.1, 0.15) is 0 Å². The van der Waals surface area contributed by atoms with Gasteiger partial charge in [0.25, 0.3) is 0 Å². The third kappa shape index (κ3) is 3.88. The molecule has 0 N–H and O–H groups in total. The molecule has 3 aliphatic rings. The van der Waals surface area contributed by atoms with E-state index in [0.717, 1.165) is 24.9 Å². The van der Waals surface area contributed by atoms with Gasteiger partial charge in [0.2, 0.25) is 0 Å². The number of carbonyl (C=O) groups is 1. The Kier molecular flexibility index (Phi) is 5.74. The maximum atomic E-state index is 11.9. The van der Waals surface area contributed by atoms with E-state index in [0.29, 0.717) is 24.9 Å². The molecule has 1 saturated heterocycles. The molecule has 3 unspecified atom stereocenters. The molecule has 3 fully saturated rings. The topological polar surface area (TPSA) is 29.5 Å². The van der Waals surface area contributed by atoms with Crippen molar-refractivity contribution in [2.75, 3.05) is 26.7 Å². The maximum absolute atomic E-state index is 11.9. The highest BCUT2D eigenvalue weighted by Gasteiger charge is 2.40. The van der Waals surface area contributed by atoms with Crippen LogP contribution in [0, 0.1) is 23.7 Å². The molecule has 2 saturated carbocycles. The van der Waals surface area contributed by atoms with Crippen LogP contribution in [0.4, 0.5) is 0 Å². The number of ether oxygens (including phenoxy) is 1. The lowest BCUT2D eigenvalue weighted by molar-refractivity contribution is -0.147. The van der Waals surface area contributed by atoms with Crippen LogP contribution < -0.4 is 0 Å². The summed E-state index contributed by atoms with van der Waals surface area (Å²) in [6.07, 6.45) is 8.48. The number of likely N-dealkylation sites (tertiary alicyclic amines) is 1. The van der Waals surface area contributed by atoms with Crippen molar-refractivity contribution in [2.24, 2.45) is 23.7 Å². The molecule has 1 aliphatic heterocycles. The third-order valence-electron chi connectivity index (χ3n) is 5.63. The molecule has 0 aromatic heterocycles. The number of esters is 1. The Bertz CT molecular complexity index is 328. The van der Waals surface area contributed by atoms with Gasteiger partial charge in [0.15, 0.2) is 0 Å². The summed E-state index contributed by atoms with van der Waals surface area (Å²) in [7, 11) is 2.16. The van der Waals surface area contributed by atoms with Crippen LogP contribution >= 0.6 is 12.4 Å². The van der Waals surface area contributed by atoms with Crippen LogP contribution in [-0.4, -0.2) is 37.6 Å². The normalized spacial score (nSPS) is 34.0. The molecule has 3 nitrogen and oxygen atoms in total. The Morgan fingerprint density at radius 1 is 1.15 bits per heavy atom. The number of fused-ring (bicyclic) bond motifs is 2. The van der Waals surface area contributed by atoms with E-state index in [1.165, 1.54) is 38.5 Å². The quantitative estimate of drug-likeness (QED) is 0.747. The molecule has 0 aromatic carbocycles. The Morgan fingerprint density at radius 2 is 1.90 bits per heavy atom. The fourth-order valence-corrected chi connectivity index (χ4v) is 4.34. The molecule has 2 bridgehead atoms. The van der Waals surface area contributed by atoms with E-state index >= 15 is 0 Å². The lowest BCUT2D eigenvalue weighted by atomic mass is 9.86. The highest BCUT2D eigenvalue weighted by molar-refractivity contribution is 5.85. The van der Waals surface area contributed by atoms with E-state index in [9.17, 15) is 4.79 Å². The van der Waals surface area contributed by atoms with Crippen LogP contribution in [0.5, 0.6) is 0 Å². The average Bonchev–Trinajstić information content (AvgIpc) is 3.00. The molecular formula is C16H28ClNO2. The standard InChI is InChI=1S/C16H27NO2.ClH/c1-17-6-4-12(5-7-17)11-19-16(18)10-15-9-13-2-3-14(15)8-13;/h12-15H,2-11H2,1H3;1H. The summed E-state index contributed by atoms with van der Waals surface area (Å²) in [4.78, 5) is 14.3. The molecule has 3 atom stereocenters. The van der Waals surface area contributed by atoms with Gasteiger partial charge in [-0.15, -0.1) is 12.4 Å². The van der Waals surface area contributed by atoms with Crippen molar-refractivity contribution < 1.29 is 9.53 Å². The van der Waals surface area contributed by atoms with Crippen LogP contribution in [0.2, 0.25) is 0 Å². The van der Waals surface area contributed by atoms with E-state index in [4.69, 9.17) is 4.74 Å². The number of piperidine rings is 1. The smallest absolute Gasteiger partial charge is 0.306 e. The summed E-state index contributed by atoms with van der Waals surface area (Å²) in [6.45, 7) is 2.96. The fraction of sp³-hybridized carbons (Fsp3) is 0.938. The van der Waals surface area contributed by atoms with Crippen LogP contribution in [0.15, 0.2) is 0 Å². The van der Waals surface area contributed by atoms with Gasteiger partial charge in [-0.1, -0.05) is 6.42 Å². The number of hydrogen-bond acceptors (Lipinski definition) is 3. The van der Waals surface area contributed by atoms with E-state index < -0.39 is 0 Å². The zero-order valence-electron chi connectivity index (χ0n) is 12.6. The minimum absolute atomic E-state index is 0. The van der Waals surface area contributed by atoms with E-state index in [-0.39, 0.29) is 18.4 Å². The lowest BCUT2D eigenvalue weighted by Gasteiger charge is -2.28. The predicted octanol–water partition coefficient (Wildman–Crippen LogP) is 3.12. The summed E-state index contributed by atoms with van der Waals surface area (Å²) in [6, 6.07) is 0. The van der Waals surface area contributed by atoms with Crippen molar-refractivity contribution in [3.8, 4) is 0 Å².